The fraction of sp³-hybridized carbons (Fsp3) is 0.417. The SMILES string of the molecule is NC1CCN(c2ccc3cccnn23)CC1. The zero-order valence-corrected chi connectivity index (χ0v) is 9.21. The highest BCUT2D eigenvalue weighted by Crippen LogP contribution is 2.21. The smallest absolute Gasteiger partial charge is 0.130 e. The van der Waals surface area contributed by atoms with Gasteiger partial charge in [-0.25, -0.2) is 4.52 Å². The number of hydrogen-bond donors (Lipinski definition) is 1. The highest BCUT2D eigenvalue weighted by atomic mass is 15.3. The molecule has 3 rings (SSSR count). The van der Waals surface area contributed by atoms with Gasteiger partial charge in [-0.05, 0) is 37.1 Å². The van der Waals surface area contributed by atoms with Crippen LogP contribution in [0.25, 0.3) is 5.52 Å². The largest absolute Gasteiger partial charge is 0.356 e. The second kappa shape index (κ2) is 3.79. The number of fused-ring (bicyclic) bond motifs is 1. The Morgan fingerprint density at radius 2 is 2.00 bits per heavy atom. The quantitative estimate of drug-likeness (QED) is 0.780. The van der Waals surface area contributed by atoms with Crippen molar-refractivity contribution in [2.45, 2.75) is 18.9 Å². The molecule has 0 unspecified atom stereocenters. The molecule has 0 bridgehead atoms. The van der Waals surface area contributed by atoms with E-state index in [0.717, 1.165) is 31.4 Å². The molecule has 2 aromatic rings. The first-order valence-corrected chi connectivity index (χ1v) is 5.78. The van der Waals surface area contributed by atoms with E-state index in [-0.39, 0.29) is 0 Å². The summed E-state index contributed by atoms with van der Waals surface area (Å²) in [5.41, 5.74) is 7.06. The van der Waals surface area contributed by atoms with Crippen LogP contribution in [0.3, 0.4) is 0 Å². The highest BCUT2D eigenvalue weighted by Gasteiger charge is 2.18. The van der Waals surface area contributed by atoms with Crippen molar-refractivity contribution < 1.29 is 0 Å². The van der Waals surface area contributed by atoms with Gasteiger partial charge in [0.25, 0.3) is 0 Å². The van der Waals surface area contributed by atoms with Crippen LogP contribution in [0.1, 0.15) is 12.8 Å². The maximum absolute atomic E-state index is 5.91. The summed E-state index contributed by atoms with van der Waals surface area (Å²) in [5.74, 6) is 1.18. The lowest BCUT2D eigenvalue weighted by Crippen LogP contribution is -2.40. The van der Waals surface area contributed by atoms with E-state index in [9.17, 15) is 0 Å². The Balaban J connectivity index is 1.94. The van der Waals surface area contributed by atoms with Crippen LogP contribution in [0, 0.1) is 0 Å². The molecule has 1 aliphatic rings. The Morgan fingerprint density at radius 3 is 2.81 bits per heavy atom. The van der Waals surface area contributed by atoms with Crippen LogP contribution in [-0.4, -0.2) is 28.7 Å². The summed E-state index contributed by atoms with van der Waals surface area (Å²) in [6.45, 7) is 2.06. The Kier molecular flexibility index (Phi) is 2.29. The van der Waals surface area contributed by atoms with Crippen LogP contribution in [0.5, 0.6) is 0 Å². The molecule has 0 atom stereocenters. The number of rotatable bonds is 1. The molecule has 16 heavy (non-hydrogen) atoms. The molecule has 0 amide bonds. The summed E-state index contributed by atoms with van der Waals surface area (Å²) in [5, 5.41) is 4.38. The average molecular weight is 216 g/mol. The number of nitrogens with two attached hydrogens (primary N) is 1. The van der Waals surface area contributed by atoms with Crippen molar-refractivity contribution in [1.29, 1.82) is 0 Å². The molecular formula is C12H16N4. The van der Waals surface area contributed by atoms with Crippen LogP contribution in [-0.2, 0) is 0 Å². The Bertz CT molecular complexity index is 482. The monoisotopic (exact) mass is 216 g/mol. The number of hydrogen-bond acceptors (Lipinski definition) is 3. The van der Waals surface area contributed by atoms with Crippen molar-refractivity contribution in [2.75, 3.05) is 18.0 Å². The lowest BCUT2D eigenvalue weighted by molar-refractivity contribution is 0.496. The van der Waals surface area contributed by atoms with Gasteiger partial charge in [-0.3, -0.25) is 0 Å². The summed E-state index contributed by atoms with van der Waals surface area (Å²) in [6.07, 6.45) is 3.96. The number of piperidine rings is 1. The summed E-state index contributed by atoms with van der Waals surface area (Å²) < 4.78 is 2.00. The number of anilines is 1. The van der Waals surface area contributed by atoms with Gasteiger partial charge in [0.15, 0.2) is 0 Å². The van der Waals surface area contributed by atoms with E-state index < -0.39 is 0 Å². The Hall–Kier alpha value is -1.55. The second-order valence-corrected chi connectivity index (χ2v) is 4.38. The first-order valence-electron chi connectivity index (χ1n) is 5.78. The molecular weight excluding hydrogens is 200 g/mol. The average Bonchev–Trinajstić information content (AvgIpc) is 2.74. The van der Waals surface area contributed by atoms with Gasteiger partial charge >= 0.3 is 0 Å². The van der Waals surface area contributed by atoms with Gasteiger partial charge in [-0.15, -0.1) is 0 Å². The minimum absolute atomic E-state index is 0.371. The molecule has 1 aliphatic heterocycles. The van der Waals surface area contributed by atoms with E-state index in [1.807, 2.05) is 16.8 Å². The van der Waals surface area contributed by atoms with Crippen molar-refractivity contribution in [2.24, 2.45) is 5.73 Å². The molecule has 1 fully saturated rings. The molecule has 4 nitrogen and oxygen atoms in total. The molecule has 84 valence electrons. The third-order valence-corrected chi connectivity index (χ3v) is 3.26. The minimum Gasteiger partial charge on any atom is -0.356 e. The molecule has 4 heteroatoms. The molecule has 0 radical (unpaired) electrons. The number of nitrogens with zero attached hydrogens (tertiary/aromatic N) is 3. The standard InChI is InChI=1S/C12H16N4/c13-10-5-8-15(9-6-10)12-4-3-11-2-1-7-14-16(11)12/h1-4,7,10H,5-6,8-9,13H2. The van der Waals surface area contributed by atoms with Crippen molar-refractivity contribution in [3.63, 3.8) is 0 Å². The van der Waals surface area contributed by atoms with Crippen molar-refractivity contribution >= 4 is 11.3 Å². The number of aromatic nitrogens is 2. The van der Waals surface area contributed by atoms with E-state index in [0.29, 0.717) is 6.04 Å². The van der Waals surface area contributed by atoms with Gasteiger partial charge in [0.05, 0.1) is 5.52 Å². The molecule has 0 aliphatic carbocycles. The normalized spacial score (nSPS) is 18.2. The Morgan fingerprint density at radius 1 is 1.19 bits per heavy atom. The summed E-state index contributed by atoms with van der Waals surface area (Å²) >= 11 is 0. The van der Waals surface area contributed by atoms with Gasteiger partial charge in [0.2, 0.25) is 0 Å². The zero-order chi connectivity index (χ0) is 11.0. The molecule has 0 saturated carbocycles. The molecule has 2 N–H and O–H groups in total. The fourth-order valence-electron chi connectivity index (χ4n) is 2.30. The van der Waals surface area contributed by atoms with Gasteiger partial charge in [0.1, 0.15) is 5.82 Å². The van der Waals surface area contributed by atoms with Gasteiger partial charge in [-0.1, -0.05) is 0 Å². The van der Waals surface area contributed by atoms with E-state index >= 15 is 0 Å². The van der Waals surface area contributed by atoms with E-state index in [2.05, 4.69) is 28.2 Å². The van der Waals surface area contributed by atoms with E-state index in [4.69, 9.17) is 5.73 Å². The van der Waals surface area contributed by atoms with E-state index in [1.165, 1.54) is 5.82 Å². The molecule has 0 spiro atoms. The zero-order valence-electron chi connectivity index (χ0n) is 9.21. The van der Waals surface area contributed by atoms with Crippen LogP contribution >= 0.6 is 0 Å². The molecule has 3 heterocycles. The van der Waals surface area contributed by atoms with Gasteiger partial charge < -0.3 is 10.6 Å². The van der Waals surface area contributed by atoms with Crippen LogP contribution in [0.2, 0.25) is 0 Å². The molecule has 1 saturated heterocycles. The molecule has 0 aromatic carbocycles. The third kappa shape index (κ3) is 1.55. The predicted molar refractivity (Wildman–Crippen MR) is 64.6 cm³/mol. The lowest BCUT2D eigenvalue weighted by atomic mass is 10.1. The second-order valence-electron chi connectivity index (χ2n) is 4.38. The topological polar surface area (TPSA) is 46.6 Å². The summed E-state index contributed by atoms with van der Waals surface area (Å²) in [4.78, 5) is 2.36. The van der Waals surface area contributed by atoms with Gasteiger partial charge in [0, 0.05) is 25.3 Å². The minimum atomic E-state index is 0.371. The van der Waals surface area contributed by atoms with Crippen molar-refractivity contribution in [3.05, 3.63) is 30.5 Å². The summed E-state index contributed by atoms with van der Waals surface area (Å²) in [7, 11) is 0. The summed E-state index contributed by atoms with van der Waals surface area (Å²) in [6, 6.07) is 8.66. The van der Waals surface area contributed by atoms with Crippen LogP contribution in [0.4, 0.5) is 5.82 Å². The highest BCUT2D eigenvalue weighted by molar-refractivity contribution is 5.57. The van der Waals surface area contributed by atoms with E-state index in [1.54, 1.807) is 0 Å². The van der Waals surface area contributed by atoms with Gasteiger partial charge in [-0.2, -0.15) is 5.10 Å². The Labute approximate surface area is 94.7 Å². The first kappa shape index (κ1) is 9.66. The molecule has 2 aromatic heterocycles. The maximum Gasteiger partial charge on any atom is 0.130 e. The van der Waals surface area contributed by atoms with Crippen molar-refractivity contribution in [3.8, 4) is 0 Å². The van der Waals surface area contributed by atoms with Crippen LogP contribution < -0.4 is 10.6 Å². The third-order valence-electron chi connectivity index (χ3n) is 3.26. The van der Waals surface area contributed by atoms with Crippen LogP contribution in [0.15, 0.2) is 30.5 Å². The fourth-order valence-corrected chi connectivity index (χ4v) is 2.30. The first-order chi connectivity index (χ1) is 7.84. The van der Waals surface area contributed by atoms with Crippen molar-refractivity contribution in [1.82, 2.24) is 9.61 Å². The predicted octanol–water partition coefficient (Wildman–Crippen LogP) is 1.26. The maximum atomic E-state index is 5.91. The lowest BCUT2D eigenvalue weighted by Gasteiger charge is -2.31.